The average Bonchev–Trinajstić information content (AvgIpc) is 2.58. The van der Waals surface area contributed by atoms with Crippen LogP contribution in [0.25, 0.3) is 0 Å². The van der Waals surface area contributed by atoms with Crippen LogP contribution in [0.3, 0.4) is 0 Å². The van der Waals surface area contributed by atoms with Gasteiger partial charge in [0.2, 0.25) is 5.60 Å². The van der Waals surface area contributed by atoms with E-state index in [1.807, 2.05) is 0 Å². The third-order valence-electron chi connectivity index (χ3n) is 3.63. The van der Waals surface area contributed by atoms with Crippen molar-refractivity contribution in [2.24, 2.45) is 0 Å². The highest BCUT2D eigenvalue weighted by Gasteiger charge is 2.54. The Hall–Kier alpha value is -3.36. The molecule has 0 aliphatic carbocycles. The highest BCUT2D eigenvalue weighted by Crippen LogP contribution is 2.42. The molecule has 0 amide bonds. The van der Waals surface area contributed by atoms with E-state index in [0.717, 1.165) is 7.11 Å². The first-order valence-corrected chi connectivity index (χ1v) is 7.28. The number of hydrogen-bond acceptors (Lipinski definition) is 7. The van der Waals surface area contributed by atoms with Crippen LogP contribution in [-0.4, -0.2) is 40.8 Å². The molecule has 1 N–H and O–H groups in total. The summed E-state index contributed by atoms with van der Waals surface area (Å²) in [6.45, 7) is 3.24. The molecule has 2 heterocycles. The fourth-order valence-electron chi connectivity index (χ4n) is 2.68. The first kappa shape index (κ1) is 18.0. The van der Waals surface area contributed by atoms with E-state index in [0.29, 0.717) is 0 Å². The Balaban J connectivity index is 2.88. The van der Waals surface area contributed by atoms with Crippen molar-refractivity contribution in [2.45, 2.75) is 25.6 Å². The molecule has 0 aromatic rings. The largest absolute Gasteiger partial charge is 0.478 e. The molecule has 0 aromatic heterocycles. The Bertz CT molecular complexity index is 835. The number of ether oxygens (including phenoxy) is 2. The molecule has 0 aromatic carbocycles. The standard InChI is InChI=1S/C17H15N3O5/c1-10(2)25-16(23)14-11-6-4-5-7-20(11)12(8-18)13(15(21)22)17(14,9-19)24-3/h4-7,10H,1-3H3,(H,21,22). The first-order chi connectivity index (χ1) is 11.8. The van der Waals surface area contributed by atoms with Crippen molar-refractivity contribution in [2.75, 3.05) is 7.11 Å². The van der Waals surface area contributed by atoms with Gasteiger partial charge in [-0.2, -0.15) is 10.5 Å². The zero-order chi connectivity index (χ0) is 18.8. The number of nitrogens with zero attached hydrogens (tertiary/aromatic N) is 3. The lowest BCUT2D eigenvalue weighted by Crippen LogP contribution is -2.48. The van der Waals surface area contributed by atoms with E-state index in [-0.39, 0.29) is 17.0 Å². The number of esters is 1. The van der Waals surface area contributed by atoms with Gasteiger partial charge in [0.1, 0.15) is 29.0 Å². The smallest absolute Gasteiger partial charge is 0.340 e. The van der Waals surface area contributed by atoms with Gasteiger partial charge in [0.05, 0.1) is 11.8 Å². The third kappa shape index (κ3) is 2.69. The normalized spacial score (nSPS) is 21.8. The molecule has 0 saturated carbocycles. The topological polar surface area (TPSA) is 124 Å². The van der Waals surface area contributed by atoms with Crippen molar-refractivity contribution in [1.29, 1.82) is 10.5 Å². The van der Waals surface area contributed by atoms with E-state index >= 15 is 0 Å². The highest BCUT2D eigenvalue weighted by atomic mass is 16.5. The summed E-state index contributed by atoms with van der Waals surface area (Å²) < 4.78 is 10.4. The van der Waals surface area contributed by atoms with Gasteiger partial charge in [-0.1, -0.05) is 6.08 Å². The summed E-state index contributed by atoms with van der Waals surface area (Å²) in [7, 11) is 1.10. The number of methoxy groups -OCH3 is 1. The van der Waals surface area contributed by atoms with Crippen LogP contribution in [0.1, 0.15) is 13.8 Å². The number of hydrogen-bond donors (Lipinski definition) is 1. The van der Waals surface area contributed by atoms with E-state index in [4.69, 9.17) is 9.47 Å². The Labute approximate surface area is 144 Å². The molecule has 8 nitrogen and oxygen atoms in total. The molecule has 2 aliphatic rings. The molecular formula is C17H15N3O5. The number of fused-ring (bicyclic) bond motifs is 1. The van der Waals surface area contributed by atoms with Gasteiger partial charge in [-0.15, -0.1) is 0 Å². The van der Waals surface area contributed by atoms with Crippen LogP contribution < -0.4 is 0 Å². The van der Waals surface area contributed by atoms with Gasteiger partial charge in [0.15, 0.2) is 0 Å². The summed E-state index contributed by atoms with van der Waals surface area (Å²) in [5.41, 5.74) is -3.36. The second kappa shape index (κ2) is 6.63. The minimum atomic E-state index is -2.27. The summed E-state index contributed by atoms with van der Waals surface area (Å²) in [4.78, 5) is 25.7. The highest BCUT2D eigenvalue weighted by molar-refractivity contribution is 6.02. The Kier molecular flexibility index (Phi) is 4.77. The SMILES string of the molecule is COC1(C#N)C(C(=O)O)=C(C#N)N2C=CC=CC2=C1C(=O)OC(C)C. The molecular weight excluding hydrogens is 326 g/mol. The minimum Gasteiger partial charge on any atom is -0.478 e. The molecule has 1 atom stereocenters. The van der Waals surface area contributed by atoms with Crippen LogP contribution in [-0.2, 0) is 19.1 Å². The van der Waals surface area contributed by atoms with Crippen molar-refractivity contribution in [1.82, 2.24) is 4.90 Å². The van der Waals surface area contributed by atoms with Crippen LogP contribution in [0, 0.1) is 22.7 Å². The number of allylic oxidation sites excluding steroid dienone is 4. The maximum absolute atomic E-state index is 12.7. The molecule has 1 unspecified atom stereocenters. The lowest BCUT2D eigenvalue weighted by molar-refractivity contribution is -0.145. The Morgan fingerprint density at radius 3 is 2.44 bits per heavy atom. The minimum absolute atomic E-state index is 0.151. The molecule has 8 heteroatoms. The fraction of sp³-hybridized carbons (Fsp3) is 0.294. The second-order valence-corrected chi connectivity index (χ2v) is 5.42. The molecule has 0 fully saturated rings. The first-order valence-electron chi connectivity index (χ1n) is 7.28. The maximum Gasteiger partial charge on any atom is 0.340 e. The average molecular weight is 341 g/mol. The molecule has 0 spiro atoms. The lowest BCUT2D eigenvalue weighted by atomic mass is 9.80. The van der Waals surface area contributed by atoms with Gasteiger partial charge in [0, 0.05) is 13.3 Å². The van der Waals surface area contributed by atoms with E-state index < -0.39 is 29.2 Å². The summed E-state index contributed by atoms with van der Waals surface area (Å²) in [6.07, 6.45) is 5.57. The number of carboxylic acids is 1. The molecule has 2 aliphatic heterocycles. The van der Waals surface area contributed by atoms with Crippen LogP contribution in [0.2, 0.25) is 0 Å². The van der Waals surface area contributed by atoms with Crippen molar-refractivity contribution in [3.63, 3.8) is 0 Å². The van der Waals surface area contributed by atoms with Crippen molar-refractivity contribution in [3.05, 3.63) is 47.0 Å². The van der Waals surface area contributed by atoms with Crippen molar-refractivity contribution in [3.8, 4) is 12.1 Å². The predicted octanol–water partition coefficient (Wildman–Crippen LogP) is 1.36. The van der Waals surface area contributed by atoms with Crippen LogP contribution in [0.15, 0.2) is 47.0 Å². The molecule has 0 radical (unpaired) electrons. The van der Waals surface area contributed by atoms with Crippen LogP contribution >= 0.6 is 0 Å². The molecule has 0 bridgehead atoms. The number of rotatable bonds is 4. The number of carboxylic acid groups (broad SMARTS) is 1. The molecule has 128 valence electrons. The molecule has 0 saturated heterocycles. The summed E-state index contributed by atoms with van der Waals surface area (Å²) >= 11 is 0. The van der Waals surface area contributed by atoms with E-state index in [2.05, 4.69) is 0 Å². The Morgan fingerprint density at radius 2 is 1.96 bits per heavy atom. The summed E-state index contributed by atoms with van der Waals surface area (Å²) in [5, 5.41) is 28.8. The Morgan fingerprint density at radius 1 is 1.28 bits per heavy atom. The quantitative estimate of drug-likeness (QED) is 0.760. The van der Waals surface area contributed by atoms with Gasteiger partial charge >= 0.3 is 11.9 Å². The predicted molar refractivity (Wildman–Crippen MR) is 84.0 cm³/mol. The fourth-order valence-corrected chi connectivity index (χ4v) is 2.68. The third-order valence-corrected chi connectivity index (χ3v) is 3.63. The van der Waals surface area contributed by atoms with Crippen LogP contribution in [0.5, 0.6) is 0 Å². The number of aliphatic carboxylic acids is 1. The van der Waals surface area contributed by atoms with Gasteiger partial charge in [-0.05, 0) is 26.0 Å². The number of carbonyl (C=O) groups excluding carboxylic acids is 1. The van der Waals surface area contributed by atoms with E-state index in [1.54, 1.807) is 38.1 Å². The number of carbonyl (C=O) groups is 2. The summed E-state index contributed by atoms with van der Waals surface area (Å²) in [6, 6.07) is 3.53. The number of nitriles is 2. The van der Waals surface area contributed by atoms with Crippen molar-refractivity contribution < 1.29 is 24.2 Å². The van der Waals surface area contributed by atoms with E-state index in [1.165, 1.54) is 17.2 Å². The second-order valence-electron chi connectivity index (χ2n) is 5.42. The molecule has 25 heavy (non-hydrogen) atoms. The van der Waals surface area contributed by atoms with Gasteiger partial charge in [0.25, 0.3) is 0 Å². The molecule has 2 rings (SSSR count). The van der Waals surface area contributed by atoms with Crippen molar-refractivity contribution >= 4 is 11.9 Å². The summed E-state index contributed by atoms with van der Waals surface area (Å²) in [5.74, 6) is -2.44. The lowest BCUT2D eigenvalue weighted by Gasteiger charge is -2.38. The van der Waals surface area contributed by atoms with Gasteiger partial charge < -0.3 is 19.5 Å². The zero-order valence-corrected chi connectivity index (χ0v) is 13.8. The monoisotopic (exact) mass is 341 g/mol. The van der Waals surface area contributed by atoms with E-state index in [9.17, 15) is 25.2 Å². The maximum atomic E-state index is 12.7. The van der Waals surface area contributed by atoms with Gasteiger partial charge in [-0.25, -0.2) is 9.59 Å². The zero-order valence-electron chi connectivity index (χ0n) is 13.8. The van der Waals surface area contributed by atoms with Gasteiger partial charge in [-0.3, -0.25) is 0 Å². The van der Waals surface area contributed by atoms with Crippen LogP contribution in [0.4, 0.5) is 0 Å².